The van der Waals surface area contributed by atoms with Gasteiger partial charge in [0.1, 0.15) is 11.5 Å². The first kappa shape index (κ1) is 16.3. The lowest BCUT2D eigenvalue weighted by atomic mass is 10.1. The van der Waals surface area contributed by atoms with Gasteiger partial charge in [-0.15, -0.1) is 0 Å². The van der Waals surface area contributed by atoms with Gasteiger partial charge in [-0.3, -0.25) is 0 Å². The minimum atomic E-state index is 0.0805. The van der Waals surface area contributed by atoms with E-state index >= 15 is 0 Å². The lowest BCUT2D eigenvalue weighted by Gasteiger charge is -1.93. The summed E-state index contributed by atoms with van der Waals surface area (Å²) in [5.41, 5.74) is 4.58. The van der Waals surface area contributed by atoms with E-state index in [-0.39, 0.29) is 6.61 Å². The van der Waals surface area contributed by atoms with Crippen LogP contribution in [0.15, 0.2) is 45.9 Å². The van der Waals surface area contributed by atoms with Crippen LogP contribution in [-0.4, -0.2) is 11.7 Å². The van der Waals surface area contributed by atoms with Crippen molar-refractivity contribution in [1.82, 2.24) is 0 Å². The number of hydrogen-bond donors (Lipinski definition) is 1. The maximum atomic E-state index is 8.76. The molecule has 0 fully saturated rings. The quantitative estimate of drug-likeness (QED) is 0.791. The van der Waals surface area contributed by atoms with Gasteiger partial charge >= 0.3 is 0 Å². The van der Waals surface area contributed by atoms with Gasteiger partial charge in [0.2, 0.25) is 0 Å². The summed E-state index contributed by atoms with van der Waals surface area (Å²) in [6, 6.07) is 0. The van der Waals surface area contributed by atoms with E-state index in [2.05, 4.69) is 26.0 Å². The molecule has 108 valence electrons. The van der Waals surface area contributed by atoms with Crippen LogP contribution in [0.2, 0.25) is 0 Å². The molecule has 20 heavy (non-hydrogen) atoms. The van der Waals surface area contributed by atoms with Crippen molar-refractivity contribution in [2.75, 3.05) is 6.61 Å². The summed E-state index contributed by atoms with van der Waals surface area (Å²) < 4.78 is 5.60. The molecule has 0 bridgehead atoms. The predicted molar refractivity (Wildman–Crippen MR) is 85.7 cm³/mol. The zero-order valence-electron chi connectivity index (χ0n) is 13.0. The Morgan fingerprint density at radius 3 is 2.30 bits per heavy atom. The molecule has 0 atom stereocenters. The summed E-state index contributed by atoms with van der Waals surface area (Å²) in [6.07, 6.45) is 12.0. The SMILES string of the molecule is CC(/C=C/c1c(C)oc(C)c1C)=C\C=C\C(C)=C\CO. The largest absolute Gasteiger partial charge is 0.466 e. The second-order valence-electron chi connectivity index (χ2n) is 4.99. The van der Waals surface area contributed by atoms with Crippen molar-refractivity contribution in [3.63, 3.8) is 0 Å². The van der Waals surface area contributed by atoms with Crippen LogP contribution in [0.3, 0.4) is 0 Å². The van der Waals surface area contributed by atoms with Gasteiger partial charge < -0.3 is 9.52 Å². The topological polar surface area (TPSA) is 33.4 Å². The first-order valence-electron chi connectivity index (χ1n) is 6.83. The Hall–Kier alpha value is -1.80. The van der Waals surface area contributed by atoms with E-state index in [9.17, 15) is 0 Å². The van der Waals surface area contributed by atoms with Gasteiger partial charge in [-0.1, -0.05) is 47.6 Å². The lowest BCUT2D eigenvalue weighted by molar-refractivity contribution is 0.342. The highest BCUT2D eigenvalue weighted by Crippen LogP contribution is 2.22. The third-order valence-electron chi connectivity index (χ3n) is 3.26. The van der Waals surface area contributed by atoms with Gasteiger partial charge in [0.05, 0.1) is 6.61 Å². The summed E-state index contributed by atoms with van der Waals surface area (Å²) >= 11 is 0. The minimum absolute atomic E-state index is 0.0805. The fourth-order valence-corrected chi connectivity index (χ4v) is 1.89. The Balaban J connectivity index is 2.77. The molecule has 0 aliphatic carbocycles. The number of aliphatic hydroxyl groups is 1. The molecule has 1 aromatic heterocycles. The Morgan fingerprint density at radius 1 is 1.05 bits per heavy atom. The van der Waals surface area contributed by atoms with E-state index in [1.807, 2.05) is 39.0 Å². The highest BCUT2D eigenvalue weighted by atomic mass is 16.3. The molecular formula is C18H24O2. The van der Waals surface area contributed by atoms with Crippen molar-refractivity contribution in [3.05, 3.63) is 64.2 Å². The molecule has 0 unspecified atom stereocenters. The third-order valence-corrected chi connectivity index (χ3v) is 3.26. The first-order valence-corrected chi connectivity index (χ1v) is 6.83. The van der Waals surface area contributed by atoms with Crippen LogP contribution in [-0.2, 0) is 0 Å². The van der Waals surface area contributed by atoms with Crippen molar-refractivity contribution in [2.24, 2.45) is 0 Å². The number of hydrogen-bond acceptors (Lipinski definition) is 2. The van der Waals surface area contributed by atoms with Gasteiger partial charge in [-0.2, -0.15) is 0 Å². The van der Waals surface area contributed by atoms with E-state index < -0.39 is 0 Å². The van der Waals surface area contributed by atoms with Crippen molar-refractivity contribution < 1.29 is 9.52 Å². The molecule has 0 spiro atoms. The molecule has 0 saturated heterocycles. The highest BCUT2D eigenvalue weighted by Gasteiger charge is 2.07. The van der Waals surface area contributed by atoms with Crippen LogP contribution in [0.1, 0.15) is 36.5 Å². The Morgan fingerprint density at radius 2 is 1.75 bits per heavy atom. The molecule has 2 heteroatoms. The van der Waals surface area contributed by atoms with Crippen LogP contribution in [0, 0.1) is 20.8 Å². The average molecular weight is 272 g/mol. The third kappa shape index (κ3) is 4.71. The molecular weight excluding hydrogens is 248 g/mol. The summed E-state index contributed by atoms with van der Waals surface area (Å²) in [7, 11) is 0. The predicted octanol–water partition coefficient (Wildman–Crippen LogP) is 4.66. The smallest absolute Gasteiger partial charge is 0.108 e. The van der Waals surface area contributed by atoms with Gasteiger partial charge in [-0.05, 0) is 40.2 Å². The molecule has 0 aliphatic heterocycles. The summed E-state index contributed by atoms with van der Waals surface area (Å²) in [5, 5.41) is 8.76. The number of allylic oxidation sites excluding steroid dienone is 6. The maximum absolute atomic E-state index is 8.76. The number of furan rings is 1. The molecule has 1 aromatic rings. The van der Waals surface area contributed by atoms with Crippen molar-refractivity contribution >= 4 is 6.08 Å². The molecule has 0 saturated carbocycles. The molecule has 0 radical (unpaired) electrons. The van der Waals surface area contributed by atoms with Gasteiger partial charge in [0, 0.05) is 5.56 Å². The fraction of sp³-hybridized carbons (Fsp3) is 0.333. The average Bonchev–Trinajstić information content (AvgIpc) is 2.61. The molecule has 2 nitrogen and oxygen atoms in total. The zero-order chi connectivity index (χ0) is 15.1. The van der Waals surface area contributed by atoms with Gasteiger partial charge in [-0.25, -0.2) is 0 Å². The van der Waals surface area contributed by atoms with E-state index in [1.165, 1.54) is 5.56 Å². The second-order valence-corrected chi connectivity index (χ2v) is 4.99. The van der Waals surface area contributed by atoms with E-state index in [0.717, 1.165) is 28.2 Å². The molecule has 0 aliphatic rings. The number of rotatable bonds is 5. The fourth-order valence-electron chi connectivity index (χ4n) is 1.89. The summed E-state index contributed by atoms with van der Waals surface area (Å²) in [5.74, 6) is 1.94. The Kier molecular flexibility index (Phi) is 6.26. The second kappa shape index (κ2) is 7.71. The summed E-state index contributed by atoms with van der Waals surface area (Å²) in [6.45, 7) is 10.2. The first-order chi connectivity index (χ1) is 9.45. The van der Waals surface area contributed by atoms with Crippen molar-refractivity contribution in [2.45, 2.75) is 34.6 Å². The zero-order valence-corrected chi connectivity index (χ0v) is 13.0. The highest BCUT2D eigenvalue weighted by molar-refractivity contribution is 5.59. The normalized spacial score (nSPS) is 13.9. The van der Waals surface area contributed by atoms with E-state index in [4.69, 9.17) is 9.52 Å². The minimum Gasteiger partial charge on any atom is -0.466 e. The van der Waals surface area contributed by atoms with Crippen LogP contribution in [0.4, 0.5) is 0 Å². The monoisotopic (exact) mass is 272 g/mol. The van der Waals surface area contributed by atoms with Gasteiger partial charge in [0.25, 0.3) is 0 Å². The summed E-state index contributed by atoms with van der Waals surface area (Å²) in [4.78, 5) is 0. The molecule has 0 aromatic carbocycles. The van der Waals surface area contributed by atoms with Gasteiger partial charge in [0.15, 0.2) is 0 Å². The van der Waals surface area contributed by atoms with Crippen LogP contribution >= 0.6 is 0 Å². The number of aliphatic hydroxyl groups excluding tert-OH is 1. The van der Waals surface area contributed by atoms with Crippen LogP contribution in [0.5, 0.6) is 0 Å². The Bertz CT molecular complexity index is 566. The van der Waals surface area contributed by atoms with Crippen LogP contribution < -0.4 is 0 Å². The molecule has 1 rings (SSSR count). The molecule has 1 heterocycles. The van der Waals surface area contributed by atoms with Crippen molar-refractivity contribution in [3.8, 4) is 0 Å². The standard InChI is InChI=1S/C18H24O2/c1-13(7-6-8-14(2)11-12-19)9-10-18-15(3)16(4)20-17(18)5/h6-11,19H,12H2,1-5H3/b8-6+,10-9+,13-7+,14-11+. The maximum Gasteiger partial charge on any atom is 0.108 e. The Labute approximate surface area is 121 Å². The molecule has 0 amide bonds. The van der Waals surface area contributed by atoms with E-state index in [0.29, 0.717) is 0 Å². The molecule has 1 N–H and O–H groups in total. The van der Waals surface area contributed by atoms with Crippen molar-refractivity contribution in [1.29, 1.82) is 0 Å². The van der Waals surface area contributed by atoms with Crippen LogP contribution in [0.25, 0.3) is 6.08 Å². The van der Waals surface area contributed by atoms with E-state index in [1.54, 1.807) is 6.08 Å². The number of aryl methyl sites for hydroxylation is 2. The lowest BCUT2D eigenvalue weighted by Crippen LogP contribution is -1.78.